The topological polar surface area (TPSA) is 105 Å². The molecule has 1 heterocycles. The summed E-state index contributed by atoms with van der Waals surface area (Å²) in [6, 6.07) is 0.470. The van der Waals surface area contributed by atoms with Gasteiger partial charge in [0.25, 0.3) is 5.56 Å². The lowest BCUT2D eigenvalue weighted by Crippen LogP contribution is -2.37. The fourth-order valence-electron chi connectivity index (χ4n) is 2.03. The minimum Gasteiger partial charge on any atom is -0.388 e. The maximum absolute atomic E-state index is 11.6. The summed E-state index contributed by atoms with van der Waals surface area (Å²) >= 11 is 0. The molecule has 0 aliphatic heterocycles. The lowest BCUT2D eigenvalue weighted by atomic mass is 10.1. The maximum Gasteiger partial charge on any atom is 0.328 e. The Hall–Kier alpha value is -1.70. The number of nitrogens with zero attached hydrogens (tertiary/aromatic N) is 1. The summed E-state index contributed by atoms with van der Waals surface area (Å²) < 4.78 is 6.06. The van der Waals surface area contributed by atoms with E-state index in [-0.39, 0.29) is 6.61 Å². The van der Waals surface area contributed by atoms with Gasteiger partial charge in [-0.1, -0.05) is 6.08 Å². The highest BCUT2D eigenvalue weighted by molar-refractivity contribution is 5.23. The fraction of sp³-hybridized carbons (Fsp3) is 0.455. The molecular weight excluding hydrogens is 240 g/mol. The molecule has 0 spiro atoms. The number of hydrogen-bond donors (Lipinski definition) is 3. The molecule has 0 bridgehead atoms. The smallest absolute Gasteiger partial charge is 0.328 e. The Kier molecular flexibility index (Phi) is 3.46. The lowest BCUT2D eigenvalue weighted by molar-refractivity contribution is 0.0254. The van der Waals surface area contributed by atoms with Crippen LogP contribution in [0.4, 0.5) is 0 Å². The number of hydrogen-bond acceptors (Lipinski definition) is 5. The first-order valence-corrected chi connectivity index (χ1v) is 5.41. The highest BCUT2D eigenvalue weighted by Gasteiger charge is 2.35. The van der Waals surface area contributed by atoms with Crippen LogP contribution in [0.1, 0.15) is 6.04 Å². The van der Waals surface area contributed by atoms with E-state index in [0.717, 1.165) is 4.57 Å². The number of aliphatic hydroxyl groups excluding tert-OH is 2. The van der Waals surface area contributed by atoms with Crippen LogP contribution in [-0.2, 0) is 4.74 Å². The molecule has 7 nitrogen and oxygen atoms in total. The van der Waals surface area contributed by atoms with E-state index in [1.54, 1.807) is 6.08 Å². The Morgan fingerprint density at radius 2 is 2.17 bits per heavy atom. The summed E-state index contributed by atoms with van der Waals surface area (Å²) in [4.78, 5) is 24.6. The molecule has 98 valence electrons. The Morgan fingerprint density at radius 1 is 1.44 bits per heavy atom. The zero-order valence-electron chi connectivity index (χ0n) is 9.74. The van der Waals surface area contributed by atoms with Crippen molar-refractivity contribution in [3.8, 4) is 0 Å². The summed E-state index contributed by atoms with van der Waals surface area (Å²) in [5, 5.41) is 19.7. The standard InChI is InChI=1S/C11H14N2O5/c1-18-5-6-4-7(10(16)9(6)15)13-3-2-8(14)12-11(13)17/h2-4,7,9-10,15-16H,5H2,1H3,(H,12,14,17)/t7-,9?,10?/m1/s1. The van der Waals surface area contributed by atoms with Crippen LogP contribution in [0.3, 0.4) is 0 Å². The van der Waals surface area contributed by atoms with E-state index in [9.17, 15) is 19.8 Å². The molecule has 0 amide bonds. The van der Waals surface area contributed by atoms with Crippen molar-refractivity contribution in [1.29, 1.82) is 0 Å². The van der Waals surface area contributed by atoms with Gasteiger partial charge < -0.3 is 14.9 Å². The van der Waals surface area contributed by atoms with Crippen molar-refractivity contribution in [1.82, 2.24) is 9.55 Å². The van der Waals surface area contributed by atoms with Crippen molar-refractivity contribution in [2.45, 2.75) is 18.2 Å². The van der Waals surface area contributed by atoms with Crippen molar-refractivity contribution in [3.63, 3.8) is 0 Å². The average molecular weight is 254 g/mol. The Bertz CT molecular complexity index is 573. The van der Waals surface area contributed by atoms with Gasteiger partial charge in [0.1, 0.15) is 12.2 Å². The Morgan fingerprint density at radius 3 is 2.78 bits per heavy atom. The second-order valence-corrected chi connectivity index (χ2v) is 4.12. The third-order valence-electron chi connectivity index (χ3n) is 2.92. The number of aromatic nitrogens is 2. The molecular formula is C11H14N2O5. The van der Waals surface area contributed by atoms with Crippen LogP contribution in [0.15, 0.2) is 33.5 Å². The van der Waals surface area contributed by atoms with Gasteiger partial charge in [-0.25, -0.2) is 4.79 Å². The van der Waals surface area contributed by atoms with Crippen LogP contribution in [0.25, 0.3) is 0 Å². The monoisotopic (exact) mass is 254 g/mol. The predicted octanol–water partition coefficient (Wildman–Crippen LogP) is -1.61. The zero-order chi connectivity index (χ0) is 13.3. The largest absolute Gasteiger partial charge is 0.388 e. The van der Waals surface area contributed by atoms with Crippen LogP contribution in [0.2, 0.25) is 0 Å². The van der Waals surface area contributed by atoms with Gasteiger partial charge in [0.2, 0.25) is 0 Å². The Labute approximate surface area is 102 Å². The molecule has 0 fully saturated rings. The summed E-state index contributed by atoms with van der Waals surface area (Å²) in [7, 11) is 1.47. The molecule has 1 aromatic rings. The van der Waals surface area contributed by atoms with Crippen molar-refractivity contribution in [3.05, 3.63) is 44.8 Å². The molecule has 2 unspecified atom stereocenters. The molecule has 0 aromatic carbocycles. The van der Waals surface area contributed by atoms with Gasteiger partial charge in [-0.3, -0.25) is 14.3 Å². The maximum atomic E-state index is 11.6. The van der Waals surface area contributed by atoms with Crippen LogP contribution < -0.4 is 11.2 Å². The third kappa shape index (κ3) is 2.15. The van der Waals surface area contributed by atoms with Gasteiger partial charge in [-0.05, 0) is 5.57 Å². The van der Waals surface area contributed by atoms with Gasteiger partial charge >= 0.3 is 5.69 Å². The first kappa shape index (κ1) is 12.7. The second kappa shape index (κ2) is 4.89. The van der Waals surface area contributed by atoms with E-state index < -0.39 is 29.5 Å². The summed E-state index contributed by atoms with van der Waals surface area (Å²) in [5.41, 5.74) is -0.632. The van der Waals surface area contributed by atoms with E-state index in [4.69, 9.17) is 4.74 Å². The number of methoxy groups -OCH3 is 1. The van der Waals surface area contributed by atoms with Crippen LogP contribution in [0, 0.1) is 0 Å². The van der Waals surface area contributed by atoms with Gasteiger partial charge in [0, 0.05) is 19.4 Å². The minimum atomic E-state index is -1.14. The highest BCUT2D eigenvalue weighted by Crippen LogP contribution is 2.28. The van der Waals surface area contributed by atoms with E-state index >= 15 is 0 Å². The zero-order valence-corrected chi connectivity index (χ0v) is 9.74. The van der Waals surface area contributed by atoms with Crippen LogP contribution in [-0.4, -0.2) is 45.7 Å². The number of ether oxygens (including phenoxy) is 1. The number of H-pyrrole nitrogens is 1. The molecule has 0 saturated heterocycles. The van der Waals surface area contributed by atoms with Gasteiger partial charge in [-0.2, -0.15) is 0 Å². The van der Waals surface area contributed by atoms with E-state index in [0.29, 0.717) is 5.57 Å². The van der Waals surface area contributed by atoms with Crippen LogP contribution in [0.5, 0.6) is 0 Å². The number of nitrogens with one attached hydrogen (secondary N) is 1. The minimum absolute atomic E-state index is 0.173. The van der Waals surface area contributed by atoms with Crippen molar-refractivity contribution >= 4 is 0 Å². The SMILES string of the molecule is COCC1=C[C@@H](n2ccc(=O)[nH]c2=O)C(O)C1O. The van der Waals surface area contributed by atoms with Crippen molar-refractivity contribution < 1.29 is 14.9 Å². The van der Waals surface area contributed by atoms with Gasteiger partial charge in [0.05, 0.1) is 12.6 Å². The normalized spacial score (nSPS) is 27.3. The quantitative estimate of drug-likeness (QED) is 0.563. The first-order valence-electron chi connectivity index (χ1n) is 5.41. The second-order valence-electron chi connectivity index (χ2n) is 4.12. The van der Waals surface area contributed by atoms with E-state index in [1.165, 1.54) is 19.4 Å². The molecule has 1 aliphatic carbocycles. The molecule has 0 radical (unpaired) electrons. The molecule has 18 heavy (non-hydrogen) atoms. The molecule has 0 saturated carbocycles. The molecule has 3 atom stereocenters. The third-order valence-corrected chi connectivity index (χ3v) is 2.92. The van der Waals surface area contributed by atoms with Crippen molar-refractivity contribution in [2.75, 3.05) is 13.7 Å². The molecule has 3 N–H and O–H groups in total. The molecule has 1 aromatic heterocycles. The predicted molar refractivity (Wildman–Crippen MR) is 62.3 cm³/mol. The highest BCUT2D eigenvalue weighted by atomic mass is 16.5. The molecule has 1 aliphatic rings. The van der Waals surface area contributed by atoms with Gasteiger partial charge in [0.15, 0.2) is 0 Å². The molecule has 2 rings (SSSR count). The number of aromatic amines is 1. The number of aliphatic hydroxyl groups is 2. The van der Waals surface area contributed by atoms with Gasteiger partial charge in [-0.15, -0.1) is 0 Å². The summed E-state index contributed by atoms with van der Waals surface area (Å²) in [6.07, 6.45) is 0.638. The lowest BCUT2D eigenvalue weighted by Gasteiger charge is -2.18. The number of rotatable bonds is 3. The molecule has 7 heteroatoms. The Balaban J connectivity index is 2.39. The first-order chi connectivity index (χ1) is 8.54. The fourth-order valence-corrected chi connectivity index (χ4v) is 2.03. The average Bonchev–Trinajstić information content (AvgIpc) is 2.58. The summed E-state index contributed by atoms with van der Waals surface area (Å²) in [5.74, 6) is 0. The van der Waals surface area contributed by atoms with E-state index in [2.05, 4.69) is 4.98 Å². The van der Waals surface area contributed by atoms with Crippen molar-refractivity contribution in [2.24, 2.45) is 0 Å². The summed E-state index contributed by atoms with van der Waals surface area (Å²) in [6.45, 7) is 0.173. The van der Waals surface area contributed by atoms with Crippen LogP contribution >= 0.6 is 0 Å². The van der Waals surface area contributed by atoms with E-state index in [1.807, 2.05) is 0 Å².